The molecule has 1 atom stereocenters. The van der Waals surface area contributed by atoms with Gasteiger partial charge in [-0.3, -0.25) is 4.79 Å². The molecule has 0 aliphatic carbocycles. The van der Waals surface area contributed by atoms with Gasteiger partial charge in [-0.25, -0.2) is 0 Å². The minimum atomic E-state index is -0.0396. The summed E-state index contributed by atoms with van der Waals surface area (Å²) in [5.41, 5.74) is 1.19. The van der Waals surface area contributed by atoms with Crippen molar-refractivity contribution in [1.29, 1.82) is 0 Å². The predicted octanol–water partition coefficient (Wildman–Crippen LogP) is 1.30. The number of aryl methyl sites for hydroxylation is 2. The van der Waals surface area contributed by atoms with Gasteiger partial charge in [0.05, 0.1) is 5.69 Å². The number of hydrogen-bond donors (Lipinski definition) is 0. The summed E-state index contributed by atoms with van der Waals surface area (Å²) in [4.78, 5) is 18.3. The van der Waals surface area contributed by atoms with Crippen molar-refractivity contribution in [3.63, 3.8) is 0 Å². The predicted molar refractivity (Wildman–Crippen MR) is 63.5 cm³/mol. The molecule has 1 aliphatic heterocycles. The molecule has 1 aliphatic rings. The average molecular weight is 262 g/mol. The first kappa shape index (κ1) is 11.9. The maximum absolute atomic E-state index is 12.4. The molecule has 7 heteroatoms. The van der Waals surface area contributed by atoms with Gasteiger partial charge in [-0.05, 0) is 20.3 Å². The first-order valence-electron chi connectivity index (χ1n) is 6.15. The largest absolute Gasteiger partial charge is 0.361 e. The van der Waals surface area contributed by atoms with Crippen LogP contribution in [0.5, 0.6) is 0 Å². The fourth-order valence-electron chi connectivity index (χ4n) is 2.46. The highest BCUT2D eigenvalue weighted by molar-refractivity contribution is 5.96. The van der Waals surface area contributed by atoms with Crippen molar-refractivity contribution >= 4 is 5.91 Å². The number of rotatable bonds is 2. The molecule has 0 spiro atoms. The summed E-state index contributed by atoms with van der Waals surface area (Å²) >= 11 is 0. The molecule has 0 saturated carbocycles. The van der Waals surface area contributed by atoms with Crippen molar-refractivity contribution in [3.8, 4) is 0 Å². The lowest BCUT2D eigenvalue weighted by Gasteiger charge is -2.15. The van der Waals surface area contributed by atoms with Crippen LogP contribution in [0, 0.1) is 13.8 Å². The molecule has 3 rings (SSSR count). The fourth-order valence-corrected chi connectivity index (χ4v) is 2.46. The smallest absolute Gasteiger partial charge is 0.259 e. The van der Waals surface area contributed by atoms with Gasteiger partial charge in [0.1, 0.15) is 11.3 Å². The Labute approximate surface area is 109 Å². The number of likely N-dealkylation sites (tertiary alicyclic amines) is 1. The van der Waals surface area contributed by atoms with Crippen molar-refractivity contribution in [2.75, 3.05) is 13.1 Å². The summed E-state index contributed by atoms with van der Waals surface area (Å²) in [6, 6.07) is 0. The van der Waals surface area contributed by atoms with E-state index in [1.807, 2.05) is 0 Å². The van der Waals surface area contributed by atoms with Crippen molar-refractivity contribution in [1.82, 2.24) is 20.2 Å². The first-order valence-corrected chi connectivity index (χ1v) is 6.15. The van der Waals surface area contributed by atoms with Gasteiger partial charge >= 0.3 is 0 Å². The number of carbonyl (C=O) groups is 1. The maximum atomic E-state index is 12.4. The summed E-state index contributed by atoms with van der Waals surface area (Å²) in [5.74, 6) is 1.32. The Morgan fingerprint density at radius 2 is 2.26 bits per heavy atom. The molecule has 1 unspecified atom stereocenters. The minimum absolute atomic E-state index is 0.0396. The van der Waals surface area contributed by atoms with Crippen LogP contribution in [-0.2, 0) is 0 Å². The van der Waals surface area contributed by atoms with Crippen LogP contribution in [0.3, 0.4) is 0 Å². The zero-order valence-electron chi connectivity index (χ0n) is 10.8. The van der Waals surface area contributed by atoms with Crippen LogP contribution in [0.4, 0.5) is 0 Å². The lowest BCUT2D eigenvalue weighted by molar-refractivity contribution is 0.0788. The molecule has 7 nitrogen and oxygen atoms in total. The van der Waals surface area contributed by atoms with Crippen LogP contribution in [-0.4, -0.2) is 39.2 Å². The highest BCUT2D eigenvalue weighted by atomic mass is 16.5. The van der Waals surface area contributed by atoms with E-state index in [1.165, 1.54) is 6.39 Å². The van der Waals surface area contributed by atoms with Gasteiger partial charge in [-0.1, -0.05) is 10.3 Å². The SMILES string of the molecule is Cc1noc(C)c1C(=O)N1CCC(c2ncon2)C1. The molecule has 0 bridgehead atoms. The minimum Gasteiger partial charge on any atom is -0.361 e. The number of carbonyl (C=O) groups excluding carboxylic acids is 1. The van der Waals surface area contributed by atoms with Gasteiger partial charge in [0.15, 0.2) is 5.82 Å². The Balaban J connectivity index is 1.76. The second-order valence-electron chi connectivity index (χ2n) is 4.73. The maximum Gasteiger partial charge on any atom is 0.259 e. The second-order valence-corrected chi connectivity index (χ2v) is 4.73. The van der Waals surface area contributed by atoms with E-state index in [-0.39, 0.29) is 11.8 Å². The summed E-state index contributed by atoms with van der Waals surface area (Å²) in [6.07, 6.45) is 2.16. The Hall–Kier alpha value is -2.18. The van der Waals surface area contributed by atoms with Crippen molar-refractivity contribution in [2.45, 2.75) is 26.2 Å². The normalized spacial score (nSPS) is 19.1. The van der Waals surface area contributed by atoms with Crippen LogP contribution in [0.25, 0.3) is 0 Å². The van der Waals surface area contributed by atoms with Gasteiger partial charge in [0, 0.05) is 19.0 Å². The molecule has 0 aromatic carbocycles. The molecule has 1 fully saturated rings. The highest BCUT2D eigenvalue weighted by Crippen LogP contribution is 2.27. The first-order chi connectivity index (χ1) is 9.16. The van der Waals surface area contributed by atoms with Crippen LogP contribution in [0.15, 0.2) is 15.4 Å². The second kappa shape index (κ2) is 4.49. The molecule has 2 aromatic rings. The van der Waals surface area contributed by atoms with Crippen LogP contribution in [0.2, 0.25) is 0 Å². The zero-order chi connectivity index (χ0) is 13.4. The van der Waals surface area contributed by atoms with Gasteiger partial charge < -0.3 is 13.9 Å². The molecule has 2 aromatic heterocycles. The van der Waals surface area contributed by atoms with Crippen molar-refractivity contribution < 1.29 is 13.8 Å². The standard InChI is InChI=1S/C12H14N4O3/c1-7-10(8(2)19-14-7)12(17)16-4-3-9(5-16)11-13-6-18-15-11/h6,9H,3-5H2,1-2H3. The quantitative estimate of drug-likeness (QED) is 0.811. The topological polar surface area (TPSA) is 85.3 Å². The van der Waals surface area contributed by atoms with E-state index in [0.717, 1.165) is 6.42 Å². The Morgan fingerprint density at radius 3 is 2.89 bits per heavy atom. The van der Waals surface area contributed by atoms with E-state index in [9.17, 15) is 4.79 Å². The molecule has 0 radical (unpaired) electrons. The average Bonchev–Trinajstić information content (AvgIpc) is 3.09. The van der Waals surface area contributed by atoms with E-state index in [0.29, 0.717) is 35.9 Å². The third-order valence-electron chi connectivity index (χ3n) is 3.47. The van der Waals surface area contributed by atoms with Gasteiger partial charge in [-0.2, -0.15) is 4.98 Å². The molecule has 3 heterocycles. The monoisotopic (exact) mass is 262 g/mol. The Morgan fingerprint density at radius 1 is 1.42 bits per heavy atom. The number of amides is 1. The molecule has 1 amide bonds. The molecular formula is C12H14N4O3. The fraction of sp³-hybridized carbons (Fsp3) is 0.500. The molecule has 1 saturated heterocycles. The Kier molecular flexibility index (Phi) is 2.81. The lowest BCUT2D eigenvalue weighted by atomic mass is 10.1. The van der Waals surface area contributed by atoms with Crippen LogP contribution >= 0.6 is 0 Å². The van der Waals surface area contributed by atoms with Gasteiger partial charge in [0.2, 0.25) is 6.39 Å². The van der Waals surface area contributed by atoms with Gasteiger partial charge in [-0.15, -0.1) is 0 Å². The zero-order valence-corrected chi connectivity index (χ0v) is 10.8. The summed E-state index contributed by atoms with van der Waals surface area (Å²) in [6.45, 7) is 4.81. The number of hydrogen-bond acceptors (Lipinski definition) is 6. The number of aromatic nitrogens is 3. The summed E-state index contributed by atoms with van der Waals surface area (Å²) in [5, 5.41) is 7.65. The van der Waals surface area contributed by atoms with E-state index < -0.39 is 0 Å². The number of nitrogens with zero attached hydrogens (tertiary/aromatic N) is 4. The van der Waals surface area contributed by atoms with Crippen molar-refractivity contribution in [2.24, 2.45) is 0 Å². The van der Waals surface area contributed by atoms with Gasteiger partial charge in [0.25, 0.3) is 5.91 Å². The van der Waals surface area contributed by atoms with E-state index >= 15 is 0 Å². The molecule has 100 valence electrons. The lowest BCUT2D eigenvalue weighted by Crippen LogP contribution is -2.29. The van der Waals surface area contributed by atoms with E-state index in [4.69, 9.17) is 9.05 Å². The van der Waals surface area contributed by atoms with E-state index in [1.54, 1.807) is 18.7 Å². The summed E-state index contributed by atoms with van der Waals surface area (Å²) in [7, 11) is 0. The van der Waals surface area contributed by atoms with Crippen molar-refractivity contribution in [3.05, 3.63) is 29.2 Å². The molecule has 0 N–H and O–H groups in total. The van der Waals surface area contributed by atoms with Crippen LogP contribution < -0.4 is 0 Å². The van der Waals surface area contributed by atoms with Crippen LogP contribution in [0.1, 0.15) is 40.0 Å². The third kappa shape index (κ3) is 2.00. The Bertz CT molecular complexity index is 571. The molecular weight excluding hydrogens is 248 g/mol. The summed E-state index contributed by atoms with van der Waals surface area (Å²) < 4.78 is 9.78. The third-order valence-corrected chi connectivity index (χ3v) is 3.47. The molecule has 19 heavy (non-hydrogen) atoms. The highest BCUT2D eigenvalue weighted by Gasteiger charge is 2.32. The van der Waals surface area contributed by atoms with E-state index in [2.05, 4.69) is 15.3 Å².